The zero-order chi connectivity index (χ0) is 9.99. The van der Waals surface area contributed by atoms with Crippen molar-refractivity contribution in [1.29, 1.82) is 0 Å². The highest BCUT2D eigenvalue weighted by atomic mass is 35.7. The molecule has 0 saturated heterocycles. The van der Waals surface area contributed by atoms with Crippen LogP contribution in [0.5, 0.6) is 0 Å². The highest BCUT2D eigenvalue weighted by molar-refractivity contribution is 8.14. The van der Waals surface area contributed by atoms with E-state index >= 15 is 0 Å². The van der Waals surface area contributed by atoms with E-state index in [2.05, 4.69) is 0 Å². The number of hydrogen-bond acceptors (Lipinski definition) is 4. The molecule has 0 aromatic heterocycles. The molecule has 1 atom stereocenters. The van der Waals surface area contributed by atoms with Gasteiger partial charge in [0.2, 0.25) is 4.93 Å². The van der Waals surface area contributed by atoms with Gasteiger partial charge in [0, 0.05) is 10.7 Å². The van der Waals surface area contributed by atoms with Crippen molar-refractivity contribution >= 4 is 19.7 Å². The second kappa shape index (κ2) is 3.64. The summed E-state index contributed by atoms with van der Waals surface area (Å²) in [5, 5.41) is 9.34. The normalized spacial score (nSPS) is 18.8. The monoisotopic (exact) mass is 213 g/mol. The van der Waals surface area contributed by atoms with Gasteiger partial charge in [-0.05, 0) is 13.3 Å². The van der Waals surface area contributed by atoms with E-state index in [0.29, 0.717) is 6.42 Å². The highest BCUT2D eigenvalue weighted by Gasteiger charge is 2.37. The zero-order valence-corrected chi connectivity index (χ0v) is 8.48. The van der Waals surface area contributed by atoms with Gasteiger partial charge >= 0.3 is 0 Å². The molecule has 72 valence electrons. The van der Waals surface area contributed by atoms with Gasteiger partial charge in [0.1, 0.15) is 0 Å². The number of allylic oxidation sites excluding steroid dienone is 1. The van der Waals surface area contributed by atoms with Gasteiger partial charge in [0.05, 0.1) is 5.70 Å². The van der Waals surface area contributed by atoms with Gasteiger partial charge in [-0.15, -0.1) is 0 Å². The van der Waals surface area contributed by atoms with E-state index in [9.17, 15) is 13.5 Å². The Balaban J connectivity index is 5.00. The van der Waals surface area contributed by atoms with Crippen LogP contribution in [0, 0.1) is 0 Å². The molecule has 0 spiro atoms. The standard InChI is InChI=1S/C6H12ClNO3S/c1-3-4-5(8)6(2,9)12(7,10)11/h4,9H,3,8H2,1-2H3/b5-4+. The molecule has 0 radical (unpaired) electrons. The lowest BCUT2D eigenvalue weighted by molar-refractivity contribution is 0.182. The fourth-order valence-electron chi connectivity index (χ4n) is 0.550. The van der Waals surface area contributed by atoms with E-state index in [0.717, 1.165) is 6.92 Å². The summed E-state index contributed by atoms with van der Waals surface area (Å²) in [4.78, 5) is -2.18. The minimum absolute atomic E-state index is 0.153. The maximum Gasteiger partial charge on any atom is 0.267 e. The first kappa shape index (κ1) is 11.7. The van der Waals surface area contributed by atoms with Crippen LogP contribution < -0.4 is 5.73 Å². The summed E-state index contributed by atoms with van der Waals surface area (Å²) in [6.07, 6.45) is 1.94. The third-order valence-corrected chi connectivity index (χ3v) is 3.52. The minimum atomic E-state index is -4.09. The van der Waals surface area contributed by atoms with Crippen molar-refractivity contribution in [1.82, 2.24) is 0 Å². The lowest BCUT2D eigenvalue weighted by Gasteiger charge is -2.19. The lowest BCUT2D eigenvalue weighted by atomic mass is 10.2. The smallest absolute Gasteiger partial charge is 0.267 e. The van der Waals surface area contributed by atoms with Gasteiger partial charge in [-0.3, -0.25) is 0 Å². The summed E-state index contributed by atoms with van der Waals surface area (Å²) in [7, 11) is 0.868. The van der Waals surface area contributed by atoms with Gasteiger partial charge in [-0.1, -0.05) is 13.0 Å². The average molecular weight is 214 g/mol. The Labute approximate surface area is 76.4 Å². The fourth-order valence-corrected chi connectivity index (χ4v) is 1.18. The van der Waals surface area contributed by atoms with Crippen LogP contribution in [0.2, 0.25) is 0 Å². The van der Waals surface area contributed by atoms with Crippen molar-refractivity contribution in [3.05, 3.63) is 11.8 Å². The Kier molecular flexibility index (Phi) is 3.56. The molecule has 12 heavy (non-hydrogen) atoms. The molecule has 1 unspecified atom stereocenters. The summed E-state index contributed by atoms with van der Waals surface area (Å²) in [6, 6.07) is 0. The average Bonchev–Trinajstić information content (AvgIpc) is 1.85. The molecule has 0 heterocycles. The lowest BCUT2D eigenvalue weighted by Crippen LogP contribution is -2.37. The fraction of sp³-hybridized carbons (Fsp3) is 0.667. The molecular weight excluding hydrogens is 202 g/mol. The van der Waals surface area contributed by atoms with Gasteiger partial charge in [0.25, 0.3) is 9.05 Å². The van der Waals surface area contributed by atoms with Crippen LogP contribution in [-0.4, -0.2) is 18.5 Å². The number of rotatable bonds is 3. The number of aliphatic hydroxyl groups is 1. The van der Waals surface area contributed by atoms with Gasteiger partial charge in [-0.2, -0.15) is 0 Å². The molecule has 0 aliphatic carbocycles. The molecule has 0 aromatic carbocycles. The van der Waals surface area contributed by atoms with Crippen molar-refractivity contribution in [2.45, 2.75) is 25.2 Å². The van der Waals surface area contributed by atoms with Crippen molar-refractivity contribution < 1.29 is 13.5 Å². The van der Waals surface area contributed by atoms with Crippen molar-refractivity contribution in [3.8, 4) is 0 Å². The predicted molar refractivity (Wildman–Crippen MR) is 48.0 cm³/mol. The minimum Gasteiger partial charge on any atom is -0.399 e. The van der Waals surface area contributed by atoms with E-state index in [1.165, 1.54) is 6.08 Å². The second-order valence-corrected chi connectivity index (χ2v) is 5.38. The number of halogens is 1. The van der Waals surface area contributed by atoms with E-state index in [4.69, 9.17) is 16.4 Å². The van der Waals surface area contributed by atoms with E-state index in [-0.39, 0.29) is 5.70 Å². The summed E-state index contributed by atoms with van der Waals surface area (Å²) < 4.78 is 21.5. The molecule has 0 saturated carbocycles. The van der Waals surface area contributed by atoms with E-state index in [1.807, 2.05) is 0 Å². The first-order chi connectivity index (χ1) is 5.23. The Bertz CT molecular complexity index is 281. The van der Waals surface area contributed by atoms with E-state index < -0.39 is 14.0 Å². The van der Waals surface area contributed by atoms with Gasteiger partial charge in [0.15, 0.2) is 0 Å². The molecule has 4 nitrogen and oxygen atoms in total. The molecule has 0 aliphatic rings. The summed E-state index contributed by atoms with van der Waals surface area (Å²) in [5.74, 6) is 0. The Morgan fingerprint density at radius 1 is 1.75 bits per heavy atom. The second-order valence-electron chi connectivity index (χ2n) is 2.49. The van der Waals surface area contributed by atoms with Crippen LogP contribution in [-0.2, 0) is 9.05 Å². The largest absolute Gasteiger partial charge is 0.399 e. The third-order valence-electron chi connectivity index (χ3n) is 1.43. The Morgan fingerprint density at radius 3 is 2.42 bits per heavy atom. The topological polar surface area (TPSA) is 80.4 Å². The van der Waals surface area contributed by atoms with Crippen molar-refractivity contribution in [2.75, 3.05) is 0 Å². The molecule has 6 heteroatoms. The van der Waals surface area contributed by atoms with Crippen LogP contribution in [0.3, 0.4) is 0 Å². The Hall–Kier alpha value is -0.260. The van der Waals surface area contributed by atoms with E-state index in [1.54, 1.807) is 6.92 Å². The quantitative estimate of drug-likeness (QED) is 0.670. The zero-order valence-electron chi connectivity index (χ0n) is 6.91. The molecule has 0 amide bonds. The summed E-state index contributed by atoms with van der Waals surface area (Å²) >= 11 is 0. The summed E-state index contributed by atoms with van der Waals surface area (Å²) in [6.45, 7) is 2.81. The molecule has 0 rings (SSSR count). The van der Waals surface area contributed by atoms with Crippen LogP contribution in [0.1, 0.15) is 20.3 Å². The molecule has 0 aliphatic heterocycles. The highest BCUT2D eigenvalue weighted by Crippen LogP contribution is 2.23. The first-order valence-electron chi connectivity index (χ1n) is 3.36. The maximum absolute atomic E-state index is 10.8. The van der Waals surface area contributed by atoms with Gasteiger partial charge in [-0.25, -0.2) is 8.42 Å². The van der Waals surface area contributed by atoms with Crippen LogP contribution in [0.15, 0.2) is 11.8 Å². The third kappa shape index (κ3) is 2.36. The maximum atomic E-state index is 10.8. The molecule has 0 fully saturated rings. The molecule has 0 aromatic rings. The van der Waals surface area contributed by atoms with Gasteiger partial charge < -0.3 is 10.8 Å². The van der Waals surface area contributed by atoms with Crippen molar-refractivity contribution in [2.24, 2.45) is 5.73 Å². The summed E-state index contributed by atoms with van der Waals surface area (Å²) in [5.41, 5.74) is 5.14. The predicted octanol–water partition coefficient (Wildman–Crippen LogP) is 0.516. The number of nitrogens with two attached hydrogens (primary N) is 1. The SMILES string of the molecule is CC/C=C(/N)C(C)(O)S(=O)(=O)Cl. The molecule has 0 bridgehead atoms. The van der Waals surface area contributed by atoms with Crippen molar-refractivity contribution in [3.63, 3.8) is 0 Å². The van der Waals surface area contributed by atoms with Crippen LogP contribution in [0.4, 0.5) is 0 Å². The van der Waals surface area contributed by atoms with Crippen LogP contribution >= 0.6 is 10.7 Å². The number of hydrogen-bond donors (Lipinski definition) is 2. The molecule has 3 N–H and O–H groups in total. The first-order valence-corrected chi connectivity index (χ1v) is 5.67. The molecular formula is C6H12ClNO3S. The Morgan fingerprint density at radius 2 is 2.17 bits per heavy atom. The van der Waals surface area contributed by atoms with Crippen LogP contribution in [0.25, 0.3) is 0 Å².